The van der Waals surface area contributed by atoms with Gasteiger partial charge in [-0.05, 0) is 73.1 Å². The summed E-state index contributed by atoms with van der Waals surface area (Å²) >= 11 is 0. The van der Waals surface area contributed by atoms with Crippen LogP contribution in [0.5, 0.6) is 5.75 Å². The van der Waals surface area contributed by atoms with E-state index in [4.69, 9.17) is 0 Å². The van der Waals surface area contributed by atoms with Crippen LogP contribution >= 0.6 is 0 Å². The topological polar surface area (TPSA) is 149 Å². The van der Waals surface area contributed by atoms with E-state index in [1.165, 1.54) is 0 Å². The molecule has 0 bridgehead atoms. The summed E-state index contributed by atoms with van der Waals surface area (Å²) in [7, 11) is 0. The van der Waals surface area contributed by atoms with Crippen LogP contribution in [0.4, 0.5) is 0 Å². The number of benzene rings is 2. The molecule has 0 aromatic heterocycles. The first-order chi connectivity index (χ1) is 20.3. The fraction of sp³-hybridized carbons (Fsp3) is 0.429. The summed E-state index contributed by atoms with van der Waals surface area (Å²) in [6.45, 7) is 6.95. The maximum Gasteiger partial charge on any atom is 0.202 e. The van der Waals surface area contributed by atoms with Crippen LogP contribution in [0.1, 0.15) is 97.5 Å². The van der Waals surface area contributed by atoms with Crippen LogP contribution in [-0.4, -0.2) is 49.2 Å². The zero-order valence-electron chi connectivity index (χ0n) is 25.0. The average Bonchev–Trinajstić information content (AvgIpc) is 2.95. The number of hydrogen-bond acceptors (Lipinski definition) is 8. The molecule has 2 aromatic carbocycles. The van der Waals surface area contributed by atoms with Crippen molar-refractivity contribution in [2.45, 2.75) is 84.2 Å². The van der Waals surface area contributed by atoms with E-state index in [0.717, 1.165) is 23.6 Å². The third kappa shape index (κ3) is 4.91. The summed E-state index contributed by atoms with van der Waals surface area (Å²) in [6, 6.07) is 9.46. The molecule has 1 fully saturated rings. The van der Waals surface area contributed by atoms with Gasteiger partial charge in [0.1, 0.15) is 22.8 Å². The molecule has 0 radical (unpaired) electrons. The molecule has 0 saturated heterocycles. The van der Waals surface area contributed by atoms with Gasteiger partial charge < -0.3 is 20.4 Å². The van der Waals surface area contributed by atoms with Crippen molar-refractivity contribution >= 4 is 28.9 Å². The van der Waals surface area contributed by atoms with Crippen molar-refractivity contribution in [2.24, 2.45) is 11.8 Å². The second-order valence-corrected chi connectivity index (χ2v) is 12.4. The minimum absolute atomic E-state index is 0.0451. The van der Waals surface area contributed by atoms with Gasteiger partial charge in [0, 0.05) is 29.9 Å². The molecular weight excluding hydrogens is 548 g/mol. The molecule has 226 valence electrons. The van der Waals surface area contributed by atoms with E-state index in [1.807, 2.05) is 51.1 Å². The van der Waals surface area contributed by atoms with Crippen molar-refractivity contribution in [3.05, 3.63) is 80.6 Å². The molecule has 3 aliphatic carbocycles. The highest BCUT2D eigenvalue weighted by atomic mass is 16.3. The molecule has 0 heterocycles. The number of rotatable bonds is 8. The van der Waals surface area contributed by atoms with Crippen molar-refractivity contribution in [3.8, 4) is 5.75 Å². The Morgan fingerprint density at radius 3 is 2.30 bits per heavy atom. The summed E-state index contributed by atoms with van der Waals surface area (Å²) in [6.07, 6.45) is 2.53. The second kappa shape index (κ2) is 11.2. The van der Waals surface area contributed by atoms with Crippen LogP contribution in [0.3, 0.4) is 0 Å². The van der Waals surface area contributed by atoms with E-state index in [1.54, 1.807) is 0 Å². The van der Waals surface area contributed by atoms with Gasteiger partial charge in [-0.2, -0.15) is 0 Å². The predicted octanol–water partition coefficient (Wildman–Crippen LogP) is 5.42. The lowest BCUT2D eigenvalue weighted by Gasteiger charge is -2.46. The Labute approximate surface area is 250 Å². The Morgan fingerprint density at radius 2 is 1.70 bits per heavy atom. The minimum Gasteiger partial charge on any atom is -0.508 e. The van der Waals surface area contributed by atoms with Gasteiger partial charge in [0.2, 0.25) is 5.78 Å². The minimum atomic E-state index is -2.50. The van der Waals surface area contributed by atoms with Crippen LogP contribution in [0.25, 0.3) is 5.76 Å². The number of aliphatic hydroxyl groups excluding tert-OH is 2. The maximum atomic E-state index is 13.9. The number of carbonyl (C=O) groups excluding carboxylic acids is 4. The first-order valence-corrected chi connectivity index (χ1v) is 15.0. The van der Waals surface area contributed by atoms with Gasteiger partial charge in [-0.15, -0.1) is 0 Å². The standard InChI is InChI=1S/C35H38O8/c1-5-26(37)20-11-9-19(10-12-20)7-6-8-21-14-24(17(2)3)25-15-22-13-23-16-27(38)28(18(4)36)33(41)35(23,43)34(42)29(22)32(40)30(25)31(21)39/h9-12,14,17,22-23,39-41,43H,5-8,13,15-16H2,1-4H3/t22?,23?,35-/m1/s1. The molecule has 0 aliphatic heterocycles. The van der Waals surface area contributed by atoms with E-state index in [2.05, 4.69) is 0 Å². The number of fused-ring (bicyclic) bond motifs is 3. The molecule has 5 rings (SSSR count). The van der Waals surface area contributed by atoms with Gasteiger partial charge in [-0.25, -0.2) is 0 Å². The van der Waals surface area contributed by atoms with E-state index in [-0.39, 0.29) is 41.4 Å². The fourth-order valence-electron chi connectivity index (χ4n) is 7.13. The lowest BCUT2D eigenvalue weighted by molar-refractivity contribution is -0.147. The quantitative estimate of drug-likeness (QED) is 0.237. The normalized spacial score (nSPS) is 23.3. The Morgan fingerprint density at radius 1 is 1.02 bits per heavy atom. The molecule has 8 nitrogen and oxygen atoms in total. The van der Waals surface area contributed by atoms with Crippen molar-refractivity contribution in [3.63, 3.8) is 0 Å². The summed E-state index contributed by atoms with van der Waals surface area (Å²) in [5, 5.41) is 45.4. The highest BCUT2D eigenvalue weighted by molar-refractivity contribution is 6.23. The van der Waals surface area contributed by atoms with E-state index in [0.29, 0.717) is 43.2 Å². The van der Waals surface area contributed by atoms with Crippen LogP contribution in [0.2, 0.25) is 0 Å². The first kappa shape index (κ1) is 30.4. The fourth-order valence-corrected chi connectivity index (χ4v) is 7.13. The number of phenols is 1. The molecular formula is C35H38O8. The summed E-state index contributed by atoms with van der Waals surface area (Å²) in [5.74, 6) is -5.16. The lowest BCUT2D eigenvalue weighted by Crippen LogP contribution is -2.57. The smallest absolute Gasteiger partial charge is 0.202 e. The van der Waals surface area contributed by atoms with Crippen LogP contribution in [0, 0.1) is 11.8 Å². The van der Waals surface area contributed by atoms with Gasteiger partial charge in [0.25, 0.3) is 0 Å². The Balaban J connectivity index is 1.51. The molecule has 0 amide bonds. The Hall–Kier alpha value is -4.04. The maximum absolute atomic E-state index is 13.9. The molecule has 3 aliphatic rings. The van der Waals surface area contributed by atoms with Gasteiger partial charge in [-0.3, -0.25) is 19.2 Å². The summed E-state index contributed by atoms with van der Waals surface area (Å²) < 4.78 is 0. The predicted molar refractivity (Wildman–Crippen MR) is 160 cm³/mol. The molecule has 1 saturated carbocycles. The highest BCUT2D eigenvalue weighted by Crippen LogP contribution is 2.53. The summed E-state index contributed by atoms with van der Waals surface area (Å²) in [4.78, 5) is 50.6. The van der Waals surface area contributed by atoms with Crippen molar-refractivity contribution in [1.82, 2.24) is 0 Å². The Bertz CT molecular complexity index is 1610. The van der Waals surface area contributed by atoms with Gasteiger partial charge in [-0.1, -0.05) is 51.1 Å². The third-order valence-corrected chi connectivity index (χ3v) is 9.41. The zero-order valence-corrected chi connectivity index (χ0v) is 25.0. The molecule has 3 atom stereocenters. The molecule has 2 aromatic rings. The number of Topliss-reactive ketones (excluding diaryl/α,β-unsaturated/α-hetero) is 4. The van der Waals surface area contributed by atoms with E-state index in [9.17, 15) is 39.6 Å². The van der Waals surface area contributed by atoms with Gasteiger partial charge in [0.15, 0.2) is 23.0 Å². The SMILES string of the molecule is CCC(=O)c1ccc(CCCc2cc(C(C)C)c3c(c2O)C(O)=C2C(=O)[C@]4(O)C(O)=C(C(C)=O)C(=O)CC4CC2C3)cc1. The molecule has 0 spiro atoms. The Kier molecular flexibility index (Phi) is 7.94. The number of ketones is 4. The number of aryl methyl sites for hydroxylation is 2. The molecule has 4 N–H and O–H groups in total. The lowest BCUT2D eigenvalue weighted by atomic mass is 9.58. The van der Waals surface area contributed by atoms with Crippen LogP contribution in [-0.2, 0) is 33.6 Å². The largest absolute Gasteiger partial charge is 0.508 e. The molecule has 8 heteroatoms. The first-order valence-electron chi connectivity index (χ1n) is 15.0. The van der Waals surface area contributed by atoms with Crippen molar-refractivity contribution in [1.29, 1.82) is 0 Å². The zero-order chi connectivity index (χ0) is 31.4. The van der Waals surface area contributed by atoms with Crippen LogP contribution in [0.15, 0.2) is 47.2 Å². The number of aliphatic hydroxyl groups is 3. The van der Waals surface area contributed by atoms with Crippen molar-refractivity contribution in [2.75, 3.05) is 0 Å². The average molecular weight is 587 g/mol. The van der Waals surface area contributed by atoms with Gasteiger partial charge >= 0.3 is 0 Å². The number of carbonyl (C=O) groups is 4. The summed E-state index contributed by atoms with van der Waals surface area (Å²) in [5.41, 5.74) is 0.992. The van der Waals surface area contributed by atoms with E-state index >= 15 is 0 Å². The number of allylic oxidation sites excluding steroid dienone is 1. The monoisotopic (exact) mass is 586 g/mol. The third-order valence-electron chi connectivity index (χ3n) is 9.41. The van der Waals surface area contributed by atoms with Gasteiger partial charge in [0.05, 0.1) is 5.56 Å². The molecule has 43 heavy (non-hydrogen) atoms. The second-order valence-electron chi connectivity index (χ2n) is 12.4. The van der Waals surface area contributed by atoms with Crippen molar-refractivity contribution < 1.29 is 39.6 Å². The van der Waals surface area contributed by atoms with Crippen LogP contribution < -0.4 is 0 Å². The molecule has 2 unspecified atom stereocenters. The number of phenolic OH excluding ortho intramolecular Hbond substituents is 1. The van der Waals surface area contributed by atoms with E-state index < -0.39 is 51.9 Å². The number of aromatic hydroxyl groups is 1. The number of hydrogen-bond donors (Lipinski definition) is 4. The highest BCUT2D eigenvalue weighted by Gasteiger charge is 2.60.